The Bertz CT molecular complexity index is 609. The van der Waals surface area contributed by atoms with Crippen LogP contribution in [0.25, 0.3) is 0 Å². The molecule has 1 aliphatic carbocycles. The summed E-state index contributed by atoms with van der Waals surface area (Å²) in [6.45, 7) is 6.74. The van der Waals surface area contributed by atoms with E-state index in [0.29, 0.717) is 6.04 Å². The summed E-state index contributed by atoms with van der Waals surface area (Å²) in [5.41, 5.74) is 10.5. The zero-order valence-corrected chi connectivity index (χ0v) is 13.5. The van der Waals surface area contributed by atoms with Gasteiger partial charge in [0, 0.05) is 39.6 Å². The Morgan fingerprint density at radius 2 is 2.20 bits per heavy atom. The number of hydrogen-bond acceptors (Lipinski definition) is 2. The van der Waals surface area contributed by atoms with E-state index in [2.05, 4.69) is 43.5 Å². The summed E-state index contributed by atoms with van der Waals surface area (Å²) in [5.74, 6) is 0. The lowest BCUT2D eigenvalue weighted by molar-refractivity contribution is 0.485. The van der Waals surface area contributed by atoms with Gasteiger partial charge >= 0.3 is 0 Å². The van der Waals surface area contributed by atoms with Gasteiger partial charge in [0.15, 0.2) is 0 Å². The first-order chi connectivity index (χ1) is 9.56. The fourth-order valence-electron chi connectivity index (χ4n) is 3.55. The Kier molecular flexibility index (Phi) is 3.74. The average Bonchev–Trinajstić information content (AvgIpc) is 2.93. The van der Waals surface area contributed by atoms with E-state index < -0.39 is 0 Å². The number of fused-ring (bicyclic) bond motifs is 1. The van der Waals surface area contributed by atoms with Gasteiger partial charge in [0.2, 0.25) is 0 Å². The van der Waals surface area contributed by atoms with Crippen LogP contribution in [0, 0.1) is 13.8 Å². The van der Waals surface area contributed by atoms with Crippen molar-refractivity contribution in [2.75, 3.05) is 0 Å². The molecule has 0 amide bonds. The highest BCUT2D eigenvalue weighted by atomic mass is 32.1. The van der Waals surface area contributed by atoms with Crippen molar-refractivity contribution < 1.29 is 0 Å². The van der Waals surface area contributed by atoms with Crippen LogP contribution in [-0.4, -0.2) is 4.57 Å². The molecular weight excluding hydrogens is 264 g/mol. The molecule has 0 bridgehead atoms. The molecule has 2 aromatic rings. The number of nitrogens with zero attached hydrogens (tertiary/aromatic N) is 1. The lowest BCUT2D eigenvalue weighted by Gasteiger charge is -2.24. The van der Waals surface area contributed by atoms with Crippen LogP contribution in [0.3, 0.4) is 0 Å². The molecule has 1 aliphatic rings. The predicted octanol–water partition coefficient (Wildman–Crippen LogP) is 4.31. The van der Waals surface area contributed by atoms with E-state index in [0.717, 1.165) is 12.8 Å². The van der Waals surface area contributed by atoms with Crippen LogP contribution in [-0.2, 0) is 12.8 Å². The lowest BCUT2D eigenvalue weighted by Crippen LogP contribution is -2.20. The third-order valence-corrected chi connectivity index (χ3v) is 5.45. The van der Waals surface area contributed by atoms with Crippen LogP contribution in [0.5, 0.6) is 0 Å². The Morgan fingerprint density at radius 1 is 1.40 bits per heavy atom. The van der Waals surface area contributed by atoms with E-state index in [9.17, 15) is 0 Å². The van der Waals surface area contributed by atoms with Gasteiger partial charge in [-0.1, -0.05) is 0 Å². The summed E-state index contributed by atoms with van der Waals surface area (Å²) < 4.78 is 2.53. The van der Waals surface area contributed by atoms with E-state index in [1.54, 1.807) is 0 Å². The second-order valence-corrected chi connectivity index (χ2v) is 7.49. The van der Waals surface area contributed by atoms with E-state index in [1.165, 1.54) is 39.5 Å². The molecule has 3 rings (SSSR count). The zero-order valence-electron chi connectivity index (χ0n) is 12.6. The van der Waals surface area contributed by atoms with Gasteiger partial charge in [0.25, 0.3) is 0 Å². The van der Waals surface area contributed by atoms with Gasteiger partial charge in [0.1, 0.15) is 0 Å². The predicted molar refractivity (Wildman–Crippen MR) is 86.5 cm³/mol. The minimum atomic E-state index is 0.245. The van der Waals surface area contributed by atoms with Crippen LogP contribution in [0.2, 0.25) is 0 Å². The van der Waals surface area contributed by atoms with Gasteiger partial charge in [-0.2, -0.15) is 0 Å². The Labute approximate surface area is 125 Å². The molecule has 0 radical (unpaired) electrons. The average molecular weight is 288 g/mol. The first-order valence-electron chi connectivity index (χ1n) is 7.57. The van der Waals surface area contributed by atoms with E-state index in [-0.39, 0.29) is 6.04 Å². The zero-order chi connectivity index (χ0) is 14.3. The molecule has 0 spiro atoms. The largest absolute Gasteiger partial charge is 0.345 e. The Hall–Kier alpha value is -1.06. The van der Waals surface area contributed by atoms with Crippen molar-refractivity contribution in [3.8, 4) is 0 Å². The Balaban J connectivity index is 1.89. The molecule has 2 nitrogen and oxygen atoms in total. The van der Waals surface area contributed by atoms with Crippen molar-refractivity contribution >= 4 is 11.3 Å². The van der Waals surface area contributed by atoms with Gasteiger partial charge in [0.05, 0.1) is 0 Å². The molecular formula is C17H24N2S. The smallest absolute Gasteiger partial charge is 0.0355 e. The quantitative estimate of drug-likeness (QED) is 0.896. The highest BCUT2D eigenvalue weighted by molar-refractivity contribution is 7.11. The van der Waals surface area contributed by atoms with Gasteiger partial charge in [-0.15, -0.1) is 11.3 Å². The number of thiophene rings is 1. The molecule has 0 fully saturated rings. The maximum Gasteiger partial charge on any atom is 0.0355 e. The van der Waals surface area contributed by atoms with Crippen LogP contribution >= 0.6 is 11.3 Å². The number of aryl methyl sites for hydroxylation is 2. The van der Waals surface area contributed by atoms with Crippen molar-refractivity contribution in [3.05, 3.63) is 44.9 Å². The summed E-state index contributed by atoms with van der Waals surface area (Å²) in [6, 6.07) is 7.57. The molecule has 20 heavy (non-hydrogen) atoms. The normalized spacial score (nSPS) is 19.9. The van der Waals surface area contributed by atoms with Crippen LogP contribution in [0.4, 0.5) is 0 Å². The first kappa shape index (κ1) is 13.9. The van der Waals surface area contributed by atoms with Gasteiger partial charge in [-0.25, -0.2) is 0 Å². The fraction of sp³-hybridized carbons (Fsp3) is 0.529. The number of hydrogen-bond donors (Lipinski definition) is 1. The second kappa shape index (κ2) is 5.38. The topological polar surface area (TPSA) is 30.9 Å². The Morgan fingerprint density at radius 3 is 2.90 bits per heavy atom. The molecule has 2 atom stereocenters. The molecule has 2 aromatic heterocycles. The lowest BCUT2D eigenvalue weighted by atomic mass is 9.93. The molecule has 0 saturated heterocycles. The molecule has 2 heterocycles. The number of rotatable bonds is 3. The van der Waals surface area contributed by atoms with E-state index in [1.807, 2.05) is 11.3 Å². The number of aromatic nitrogens is 1. The summed E-state index contributed by atoms with van der Waals surface area (Å²) in [5, 5.41) is 0. The van der Waals surface area contributed by atoms with Crippen LogP contribution in [0.1, 0.15) is 58.6 Å². The summed E-state index contributed by atoms with van der Waals surface area (Å²) in [4.78, 5) is 2.89. The van der Waals surface area contributed by atoms with Gasteiger partial charge in [-0.05, 0) is 63.8 Å². The summed E-state index contributed by atoms with van der Waals surface area (Å²) in [6.07, 6.45) is 4.66. The van der Waals surface area contributed by atoms with Crippen LogP contribution in [0.15, 0.2) is 18.2 Å². The fourth-order valence-corrected chi connectivity index (χ4v) is 4.56. The molecule has 0 aromatic carbocycles. The van der Waals surface area contributed by atoms with Crippen molar-refractivity contribution in [1.82, 2.24) is 4.57 Å². The van der Waals surface area contributed by atoms with Crippen molar-refractivity contribution in [2.24, 2.45) is 5.73 Å². The van der Waals surface area contributed by atoms with E-state index >= 15 is 0 Å². The standard InChI is InChI=1S/C17H24N2S/c1-11(9-14-8-7-13(3)20-14)19-12(2)10-15-16(18)5-4-6-17(15)19/h7-8,10-11,16H,4-6,9,18H2,1-3H3. The third kappa shape index (κ3) is 2.45. The minimum absolute atomic E-state index is 0.245. The maximum atomic E-state index is 6.27. The monoisotopic (exact) mass is 288 g/mol. The minimum Gasteiger partial charge on any atom is -0.345 e. The molecule has 3 heteroatoms. The second-order valence-electron chi connectivity index (χ2n) is 6.12. The molecule has 2 N–H and O–H groups in total. The first-order valence-corrected chi connectivity index (χ1v) is 8.39. The van der Waals surface area contributed by atoms with Crippen molar-refractivity contribution in [1.29, 1.82) is 0 Å². The highest BCUT2D eigenvalue weighted by Crippen LogP contribution is 2.34. The molecule has 108 valence electrons. The maximum absolute atomic E-state index is 6.27. The summed E-state index contributed by atoms with van der Waals surface area (Å²) >= 11 is 1.92. The van der Waals surface area contributed by atoms with E-state index in [4.69, 9.17) is 5.73 Å². The third-order valence-electron chi connectivity index (χ3n) is 4.43. The van der Waals surface area contributed by atoms with Crippen molar-refractivity contribution in [2.45, 2.75) is 58.5 Å². The summed E-state index contributed by atoms with van der Waals surface area (Å²) in [7, 11) is 0. The molecule has 0 saturated carbocycles. The van der Waals surface area contributed by atoms with Gasteiger partial charge in [-0.3, -0.25) is 0 Å². The number of nitrogens with two attached hydrogens (primary N) is 1. The van der Waals surface area contributed by atoms with Gasteiger partial charge < -0.3 is 10.3 Å². The SMILES string of the molecule is Cc1ccc(CC(C)n2c(C)cc3c2CCCC3N)s1. The molecule has 0 aliphatic heterocycles. The van der Waals surface area contributed by atoms with Crippen LogP contribution < -0.4 is 5.73 Å². The molecule has 2 unspecified atom stereocenters. The van der Waals surface area contributed by atoms with Crippen molar-refractivity contribution in [3.63, 3.8) is 0 Å². The highest BCUT2D eigenvalue weighted by Gasteiger charge is 2.24.